The Hall–Kier alpha value is -2.82. The Labute approximate surface area is 152 Å². The largest absolute Gasteiger partial charge is 0.494 e. The number of oxazole rings is 1. The molecule has 2 aromatic carbocycles. The van der Waals surface area contributed by atoms with Crippen LogP contribution < -0.4 is 4.74 Å². The molecule has 0 aliphatic carbocycles. The molecule has 0 saturated heterocycles. The van der Waals surface area contributed by atoms with Gasteiger partial charge in [-0.05, 0) is 62.6 Å². The van der Waals surface area contributed by atoms with Crippen LogP contribution in [0.25, 0.3) is 22.6 Å². The fourth-order valence-corrected chi connectivity index (χ4v) is 2.66. The molecule has 0 radical (unpaired) electrons. The number of nitrogens with zero attached hydrogens (tertiary/aromatic N) is 1. The highest BCUT2D eigenvalue weighted by Gasteiger charge is 2.07. The highest BCUT2D eigenvalue weighted by Crippen LogP contribution is 2.25. The molecule has 1 heterocycles. The number of carbonyl (C=O) groups is 1. The predicted molar refractivity (Wildman–Crippen MR) is 100 cm³/mol. The molecule has 0 fully saturated rings. The van der Waals surface area contributed by atoms with Crippen LogP contribution in [0.15, 0.2) is 52.9 Å². The zero-order valence-corrected chi connectivity index (χ0v) is 14.9. The van der Waals surface area contributed by atoms with E-state index in [-0.39, 0.29) is 5.97 Å². The molecule has 3 aromatic rings. The van der Waals surface area contributed by atoms with Crippen LogP contribution in [0.4, 0.5) is 0 Å². The van der Waals surface area contributed by atoms with Gasteiger partial charge in [-0.3, -0.25) is 4.79 Å². The van der Waals surface area contributed by atoms with Gasteiger partial charge >= 0.3 is 5.97 Å². The first-order valence-corrected chi connectivity index (χ1v) is 9.00. The number of esters is 1. The van der Waals surface area contributed by atoms with Gasteiger partial charge in [-0.1, -0.05) is 12.1 Å². The van der Waals surface area contributed by atoms with Gasteiger partial charge < -0.3 is 13.9 Å². The molecule has 0 spiro atoms. The first-order valence-electron chi connectivity index (χ1n) is 9.00. The van der Waals surface area contributed by atoms with E-state index in [1.165, 1.54) is 0 Å². The van der Waals surface area contributed by atoms with E-state index in [0.717, 1.165) is 41.7 Å². The number of ether oxygens (including phenoxy) is 2. The van der Waals surface area contributed by atoms with Gasteiger partial charge in [0.1, 0.15) is 11.3 Å². The van der Waals surface area contributed by atoms with Crippen molar-refractivity contribution in [3.63, 3.8) is 0 Å². The summed E-state index contributed by atoms with van der Waals surface area (Å²) in [5.41, 5.74) is 2.55. The van der Waals surface area contributed by atoms with Crippen molar-refractivity contribution < 1.29 is 18.7 Å². The van der Waals surface area contributed by atoms with Gasteiger partial charge in [-0.25, -0.2) is 4.98 Å². The monoisotopic (exact) mass is 353 g/mol. The van der Waals surface area contributed by atoms with Crippen molar-refractivity contribution >= 4 is 17.1 Å². The summed E-state index contributed by atoms with van der Waals surface area (Å²) in [4.78, 5) is 15.7. The van der Waals surface area contributed by atoms with E-state index in [0.29, 0.717) is 25.5 Å². The van der Waals surface area contributed by atoms with E-state index in [9.17, 15) is 4.79 Å². The van der Waals surface area contributed by atoms with E-state index < -0.39 is 0 Å². The maximum absolute atomic E-state index is 11.2. The SMILES string of the molecule is CCOC(=O)CCCCCOc1ccc(-c2nc3ccccc3o2)cc1. The summed E-state index contributed by atoms with van der Waals surface area (Å²) in [7, 11) is 0. The summed E-state index contributed by atoms with van der Waals surface area (Å²) < 4.78 is 16.4. The topological polar surface area (TPSA) is 61.6 Å². The Morgan fingerprint density at radius 1 is 1.04 bits per heavy atom. The molecule has 0 N–H and O–H groups in total. The molecule has 5 heteroatoms. The third kappa shape index (κ3) is 4.85. The number of unbranched alkanes of at least 4 members (excludes halogenated alkanes) is 2. The molecule has 0 bridgehead atoms. The minimum absolute atomic E-state index is 0.122. The van der Waals surface area contributed by atoms with Gasteiger partial charge in [0.05, 0.1) is 13.2 Å². The van der Waals surface area contributed by atoms with Crippen LogP contribution in [0.2, 0.25) is 0 Å². The highest BCUT2D eigenvalue weighted by atomic mass is 16.5. The zero-order chi connectivity index (χ0) is 18.2. The van der Waals surface area contributed by atoms with Gasteiger partial charge in [0, 0.05) is 12.0 Å². The molecule has 136 valence electrons. The van der Waals surface area contributed by atoms with Crippen LogP contribution >= 0.6 is 0 Å². The summed E-state index contributed by atoms with van der Waals surface area (Å²) in [6, 6.07) is 15.4. The summed E-state index contributed by atoms with van der Waals surface area (Å²) in [5.74, 6) is 1.30. The van der Waals surface area contributed by atoms with E-state index in [2.05, 4.69) is 4.98 Å². The Morgan fingerprint density at radius 2 is 1.85 bits per heavy atom. The molecule has 5 nitrogen and oxygen atoms in total. The normalized spacial score (nSPS) is 10.8. The number of hydrogen-bond donors (Lipinski definition) is 0. The first-order chi connectivity index (χ1) is 12.8. The van der Waals surface area contributed by atoms with Crippen molar-refractivity contribution in [1.82, 2.24) is 4.98 Å². The van der Waals surface area contributed by atoms with Gasteiger partial charge in [0.2, 0.25) is 5.89 Å². The van der Waals surface area contributed by atoms with Crippen molar-refractivity contribution in [3.05, 3.63) is 48.5 Å². The standard InChI is InChI=1S/C21H23NO4/c1-2-24-20(23)10-4-3-7-15-25-17-13-11-16(12-14-17)21-22-18-8-5-6-9-19(18)26-21/h5-6,8-9,11-14H,2-4,7,10,15H2,1H3. The maximum atomic E-state index is 11.2. The van der Waals surface area contributed by atoms with E-state index in [4.69, 9.17) is 13.9 Å². The van der Waals surface area contributed by atoms with Crippen LogP contribution in [0, 0.1) is 0 Å². The van der Waals surface area contributed by atoms with Crippen molar-refractivity contribution in [2.75, 3.05) is 13.2 Å². The number of hydrogen-bond acceptors (Lipinski definition) is 5. The Morgan fingerprint density at radius 3 is 2.62 bits per heavy atom. The minimum atomic E-state index is -0.122. The summed E-state index contributed by atoms with van der Waals surface area (Å²) in [6.07, 6.45) is 3.16. The van der Waals surface area contributed by atoms with E-state index in [1.54, 1.807) is 0 Å². The first kappa shape index (κ1) is 18.0. The second kappa shape index (κ2) is 9.04. The third-order valence-corrected chi connectivity index (χ3v) is 3.99. The van der Waals surface area contributed by atoms with Crippen LogP contribution in [0.1, 0.15) is 32.6 Å². The smallest absolute Gasteiger partial charge is 0.305 e. The Balaban J connectivity index is 1.44. The lowest BCUT2D eigenvalue weighted by molar-refractivity contribution is -0.143. The number of carbonyl (C=O) groups excluding carboxylic acids is 1. The highest BCUT2D eigenvalue weighted by molar-refractivity contribution is 5.76. The van der Waals surface area contributed by atoms with E-state index >= 15 is 0 Å². The molecule has 26 heavy (non-hydrogen) atoms. The molecular weight excluding hydrogens is 330 g/mol. The molecule has 0 atom stereocenters. The number of rotatable bonds is 9. The third-order valence-electron chi connectivity index (χ3n) is 3.99. The average molecular weight is 353 g/mol. The van der Waals surface area contributed by atoms with Crippen LogP contribution in [-0.4, -0.2) is 24.2 Å². The summed E-state index contributed by atoms with van der Waals surface area (Å²) >= 11 is 0. The molecule has 0 aliphatic heterocycles. The van der Waals surface area contributed by atoms with Crippen molar-refractivity contribution in [2.45, 2.75) is 32.6 Å². The van der Waals surface area contributed by atoms with Crippen LogP contribution in [0.3, 0.4) is 0 Å². The Kier molecular flexibility index (Phi) is 6.25. The quantitative estimate of drug-likeness (QED) is 0.400. The van der Waals surface area contributed by atoms with E-state index in [1.807, 2.05) is 55.5 Å². The second-order valence-corrected chi connectivity index (χ2v) is 5.98. The van der Waals surface area contributed by atoms with Gasteiger partial charge in [0.15, 0.2) is 5.58 Å². The van der Waals surface area contributed by atoms with Crippen molar-refractivity contribution in [1.29, 1.82) is 0 Å². The lowest BCUT2D eigenvalue weighted by Crippen LogP contribution is -2.04. The summed E-state index contributed by atoms with van der Waals surface area (Å²) in [6.45, 7) is 2.90. The minimum Gasteiger partial charge on any atom is -0.494 e. The molecule has 0 saturated carbocycles. The molecule has 1 aromatic heterocycles. The lowest BCUT2D eigenvalue weighted by Gasteiger charge is -2.06. The lowest BCUT2D eigenvalue weighted by atomic mass is 10.2. The molecule has 0 amide bonds. The van der Waals surface area contributed by atoms with Gasteiger partial charge in [-0.2, -0.15) is 0 Å². The second-order valence-electron chi connectivity index (χ2n) is 5.98. The molecule has 3 rings (SSSR count). The predicted octanol–water partition coefficient (Wildman–Crippen LogP) is 5.00. The molecule has 0 unspecified atom stereocenters. The number of benzene rings is 2. The zero-order valence-electron chi connectivity index (χ0n) is 14.9. The average Bonchev–Trinajstić information content (AvgIpc) is 3.09. The number of aromatic nitrogens is 1. The van der Waals surface area contributed by atoms with Crippen LogP contribution in [-0.2, 0) is 9.53 Å². The van der Waals surface area contributed by atoms with Crippen molar-refractivity contribution in [2.24, 2.45) is 0 Å². The molecule has 0 aliphatic rings. The van der Waals surface area contributed by atoms with Gasteiger partial charge in [0.25, 0.3) is 0 Å². The number of fused-ring (bicyclic) bond motifs is 1. The summed E-state index contributed by atoms with van der Waals surface area (Å²) in [5, 5.41) is 0. The van der Waals surface area contributed by atoms with Crippen molar-refractivity contribution in [3.8, 4) is 17.2 Å². The fourth-order valence-electron chi connectivity index (χ4n) is 2.66. The molecular formula is C21H23NO4. The Bertz CT molecular complexity index is 806. The maximum Gasteiger partial charge on any atom is 0.305 e. The number of para-hydroxylation sites is 2. The van der Waals surface area contributed by atoms with Crippen LogP contribution in [0.5, 0.6) is 5.75 Å². The fraction of sp³-hybridized carbons (Fsp3) is 0.333. The van der Waals surface area contributed by atoms with Gasteiger partial charge in [-0.15, -0.1) is 0 Å².